The molecule has 0 aromatic heterocycles. The number of halogens is 2. The van der Waals surface area contributed by atoms with Gasteiger partial charge in [-0.2, -0.15) is 0 Å². The van der Waals surface area contributed by atoms with E-state index in [-0.39, 0.29) is 11.1 Å². The van der Waals surface area contributed by atoms with Crippen LogP contribution in [0.3, 0.4) is 0 Å². The number of hydrogen-bond acceptors (Lipinski definition) is 2. The van der Waals surface area contributed by atoms with Gasteiger partial charge in [-0.05, 0) is 18.2 Å². The molecule has 0 bridgehead atoms. The second-order valence-corrected chi connectivity index (χ2v) is 3.82. The van der Waals surface area contributed by atoms with Gasteiger partial charge in [0.25, 0.3) is 0 Å². The third-order valence-corrected chi connectivity index (χ3v) is 2.70. The first-order valence-corrected chi connectivity index (χ1v) is 5.40. The standard InChI is InChI=1S/C14H10F2O3/c1-19-8-5-6-9(12(15)7-8)10-3-2-4-11(13(10)16)14(17)18/h2-7H,1H3,(H,17,18). The van der Waals surface area contributed by atoms with E-state index in [9.17, 15) is 13.6 Å². The van der Waals surface area contributed by atoms with Crippen LogP contribution in [0.4, 0.5) is 8.78 Å². The maximum absolute atomic E-state index is 14.0. The summed E-state index contributed by atoms with van der Waals surface area (Å²) in [6.45, 7) is 0. The van der Waals surface area contributed by atoms with Gasteiger partial charge < -0.3 is 9.84 Å². The van der Waals surface area contributed by atoms with Crippen molar-refractivity contribution in [2.75, 3.05) is 7.11 Å². The van der Waals surface area contributed by atoms with Crippen molar-refractivity contribution in [3.63, 3.8) is 0 Å². The molecule has 0 spiro atoms. The van der Waals surface area contributed by atoms with Gasteiger partial charge in [0.15, 0.2) is 0 Å². The normalized spacial score (nSPS) is 10.3. The summed E-state index contributed by atoms with van der Waals surface area (Å²) in [4.78, 5) is 10.8. The molecule has 0 fully saturated rings. The number of methoxy groups -OCH3 is 1. The van der Waals surface area contributed by atoms with Crippen LogP contribution in [-0.4, -0.2) is 18.2 Å². The molecule has 5 heteroatoms. The lowest BCUT2D eigenvalue weighted by Crippen LogP contribution is -2.02. The average molecular weight is 264 g/mol. The van der Waals surface area contributed by atoms with Gasteiger partial charge in [0.1, 0.15) is 17.4 Å². The molecule has 0 radical (unpaired) electrons. The van der Waals surface area contributed by atoms with Crippen LogP contribution in [0.2, 0.25) is 0 Å². The first kappa shape index (κ1) is 13.0. The van der Waals surface area contributed by atoms with Gasteiger partial charge >= 0.3 is 5.97 Å². The molecule has 0 saturated heterocycles. The van der Waals surface area contributed by atoms with Gasteiger partial charge in [-0.25, -0.2) is 13.6 Å². The maximum atomic E-state index is 14.0. The molecule has 2 aromatic carbocycles. The van der Waals surface area contributed by atoms with Crippen molar-refractivity contribution in [2.45, 2.75) is 0 Å². The SMILES string of the molecule is COc1ccc(-c2cccc(C(=O)O)c2F)c(F)c1. The number of carboxylic acids is 1. The molecule has 0 heterocycles. The minimum absolute atomic E-state index is 0.0126. The number of carboxylic acid groups (broad SMARTS) is 1. The molecule has 19 heavy (non-hydrogen) atoms. The number of carbonyl (C=O) groups is 1. The minimum atomic E-state index is -1.40. The minimum Gasteiger partial charge on any atom is -0.497 e. The van der Waals surface area contributed by atoms with Crippen LogP contribution in [0.5, 0.6) is 5.75 Å². The summed E-state index contributed by atoms with van der Waals surface area (Å²) in [6.07, 6.45) is 0. The van der Waals surface area contributed by atoms with Crippen molar-refractivity contribution in [1.29, 1.82) is 0 Å². The van der Waals surface area contributed by atoms with E-state index in [2.05, 4.69) is 0 Å². The van der Waals surface area contributed by atoms with Gasteiger partial charge in [-0.3, -0.25) is 0 Å². The summed E-state index contributed by atoms with van der Waals surface area (Å²) in [6, 6.07) is 7.76. The lowest BCUT2D eigenvalue weighted by molar-refractivity contribution is 0.0692. The van der Waals surface area contributed by atoms with E-state index in [1.165, 1.54) is 31.4 Å². The Morgan fingerprint density at radius 2 is 1.89 bits per heavy atom. The van der Waals surface area contributed by atoms with Gasteiger partial charge in [0.05, 0.1) is 12.7 Å². The lowest BCUT2D eigenvalue weighted by Gasteiger charge is -2.08. The highest BCUT2D eigenvalue weighted by Crippen LogP contribution is 2.29. The summed E-state index contributed by atoms with van der Waals surface area (Å²) in [5.41, 5.74) is -0.603. The van der Waals surface area contributed by atoms with Gasteiger partial charge in [0.2, 0.25) is 0 Å². The van der Waals surface area contributed by atoms with E-state index >= 15 is 0 Å². The van der Waals surface area contributed by atoms with E-state index in [0.717, 1.165) is 12.1 Å². The van der Waals surface area contributed by atoms with Crippen molar-refractivity contribution in [3.05, 3.63) is 53.6 Å². The molecule has 98 valence electrons. The Hall–Kier alpha value is -2.43. The van der Waals surface area contributed by atoms with E-state index < -0.39 is 23.2 Å². The molecule has 2 rings (SSSR count). The van der Waals surface area contributed by atoms with E-state index in [1.807, 2.05) is 0 Å². The van der Waals surface area contributed by atoms with Crippen LogP contribution in [0.25, 0.3) is 11.1 Å². The summed E-state index contributed by atoms with van der Waals surface area (Å²) >= 11 is 0. The first-order valence-electron chi connectivity index (χ1n) is 5.40. The summed E-state index contributed by atoms with van der Waals surface area (Å²) in [7, 11) is 1.39. The number of rotatable bonds is 3. The predicted molar refractivity (Wildman–Crippen MR) is 65.3 cm³/mol. The molecule has 2 aromatic rings. The Morgan fingerprint density at radius 1 is 1.16 bits per heavy atom. The highest BCUT2D eigenvalue weighted by molar-refractivity contribution is 5.90. The van der Waals surface area contributed by atoms with Crippen LogP contribution in [0, 0.1) is 11.6 Å². The second kappa shape index (κ2) is 5.06. The highest BCUT2D eigenvalue weighted by atomic mass is 19.1. The molecule has 0 unspecified atom stereocenters. The molecule has 0 amide bonds. The fourth-order valence-corrected chi connectivity index (χ4v) is 1.75. The highest BCUT2D eigenvalue weighted by Gasteiger charge is 2.17. The third kappa shape index (κ3) is 2.40. The van der Waals surface area contributed by atoms with Gasteiger partial charge in [0, 0.05) is 17.2 Å². The molecule has 1 N–H and O–H groups in total. The summed E-state index contributed by atoms with van der Waals surface area (Å²) < 4.78 is 32.7. The smallest absolute Gasteiger partial charge is 0.338 e. The van der Waals surface area contributed by atoms with Crippen molar-refractivity contribution in [2.24, 2.45) is 0 Å². The largest absolute Gasteiger partial charge is 0.497 e. The number of aromatic carboxylic acids is 1. The molecular formula is C14H10F2O3. The molecule has 0 saturated carbocycles. The number of hydrogen-bond donors (Lipinski definition) is 1. The molecule has 0 atom stereocenters. The van der Waals surface area contributed by atoms with Crippen molar-refractivity contribution in [1.82, 2.24) is 0 Å². The first-order chi connectivity index (χ1) is 9.04. The fourth-order valence-electron chi connectivity index (χ4n) is 1.75. The van der Waals surface area contributed by atoms with Gasteiger partial charge in [-0.15, -0.1) is 0 Å². The van der Waals surface area contributed by atoms with E-state index in [1.54, 1.807) is 0 Å². The zero-order valence-corrected chi connectivity index (χ0v) is 9.98. The van der Waals surface area contributed by atoms with Crippen molar-refractivity contribution in [3.8, 4) is 16.9 Å². The third-order valence-electron chi connectivity index (χ3n) is 2.70. The Balaban J connectivity index is 2.59. The Kier molecular flexibility index (Phi) is 3.46. The lowest BCUT2D eigenvalue weighted by atomic mass is 10.0. The zero-order valence-electron chi connectivity index (χ0n) is 9.98. The maximum Gasteiger partial charge on any atom is 0.338 e. The van der Waals surface area contributed by atoms with Crippen LogP contribution in [0.15, 0.2) is 36.4 Å². The van der Waals surface area contributed by atoms with Gasteiger partial charge in [-0.1, -0.05) is 12.1 Å². The summed E-state index contributed by atoms with van der Waals surface area (Å²) in [5.74, 6) is -2.73. The monoisotopic (exact) mass is 264 g/mol. The zero-order chi connectivity index (χ0) is 14.0. The van der Waals surface area contributed by atoms with E-state index in [4.69, 9.17) is 9.84 Å². The molecule has 3 nitrogen and oxygen atoms in total. The number of ether oxygens (including phenoxy) is 1. The van der Waals surface area contributed by atoms with Crippen molar-refractivity contribution < 1.29 is 23.4 Å². The van der Waals surface area contributed by atoms with Crippen molar-refractivity contribution >= 4 is 5.97 Å². The summed E-state index contributed by atoms with van der Waals surface area (Å²) in [5, 5.41) is 8.83. The predicted octanol–water partition coefficient (Wildman–Crippen LogP) is 3.34. The Labute approximate surface area is 108 Å². The quantitative estimate of drug-likeness (QED) is 0.924. The Bertz CT molecular complexity index is 639. The van der Waals surface area contributed by atoms with Crippen LogP contribution >= 0.6 is 0 Å². The van der Waals surface area contributed by atoms with Crippen LogP contribution < -0.4 is 4.74 Å². The Morgan fingerprint density at radius 3 is 2.47 bits per heavy atom. The average Bonchev–Trinajstić information content (AvgIpc) is 2.39. The van der Waals surface area contributed by atoms with E-state index in [0.29, 0.717) is 5.75 Å². The molecule has 0 aliphatic rings. The molecule has 0 aliphatic heterocycles. The fraction of sp³-hybridized carbons (Fsp3) is 0.0714. The van der Waals surface area contributed by atoms with Crippen LogP contribution in [-0.2, 0) is 0 Å². The second-order valence-electron chi connectivity index (χ2n) is 3.82. The molecule has 0 aliphatic carbocycles. The molecular weight excluding hydrogens is 254 g/mol. The topological polar surface area (TPSA) is 46.5 Å². The van der Waals surface area contributed by atoms with Crippen LogP contribution in [0.1, 0.15) is 10.4 Å². The number of benzene rings is 2.